The largest absolute Gasteiger partial charge is 0.326 e. The molecule has 0 spiro atoms. The molecule has 0 heterocycles. The standard InChI is InChI=1S/C20H19FN4O3S/c21-15-9-6-14(7-10-15)8-11-18(27)23-20(29)25-24-19(28)13-12-17(26)22-16-4-2-1-3-5-16/h1-11H,12-13H2,(H,22,26)(H,24,28)(H2,23,25,27,29)/b11-8+. The van der Waals surface area contributed by atoms with Gasteiger partial charge in [0.05, 0.1) is 0 Å². The van der Waals surface area contributed by atoms with Gasteiger partial charge in [0.25, 0.3) is 0 Å². The number of hydrogen-bond acceptors (Lipinski definition) is 4. The number of rotatable bonds is 6. The number of carbonyl (C=O) groups is 3. The second-order valence-electron chi connectivity index (χ2n) is 5.79. The SMILES string of the molecule is O=C(/C=C/c1ccc(F)cc1)NC(=S)NNC(=O)CCC(=O)Nc1ccccc1. The Bertz CT molecular complexity index is 902. The van der Waals surface area contributed by atoms with Crippen LogP contribution < -0.4 is 21.5 Å². The third-order valence-electron chi connectivity index (χ3n) is 3.49. The Morgan fingerprint density at radius 3 is 2.24 bits per heavy atom. The van der Waals surface area contributed by atoms with Crippen LogP contribution in [0.5, 0.6) is 0 Å². The number of amides is 3. The molecule has 0 aliphatic rings. The van der Waals surface area contributed by atoms with E-state index in [9.17, 15) is 18.8 Å². The molecule has 4 N–H and O–H groups in total. The van der Waals surface area contributed by atoms with Crippen LogP contribution in [0.2, 0.25) is 0 Å². The van der Waals surface area contributed by atoms with Crippen LogP contribution >= 0.6 is 12.2 Å². The summed E-state index contributed by atoms with van der Waals surface area (Å²) < 4.78 is 12.8. The molecule has 2 aromatic rings. The summed E-state index contributed by atoms with van der Waals surface area (Å²) in [5, 5.41) is 4.90. The van der Waals surface area contributed by atoms with Gasteiger partial charge in [-0.3, -0.25) is 30.6 Å². The molecule has 9 heteroatoms. The number of benzene rings is 2. The number of thiocarbonyl (C=S) groups is 1. The van der Waals surface area contributed by atoms with Crippen molar-refractivity contribution in [2.45, 2.75) is 12.8 Å². The van der Waals surface area contributed by atoms with Crippen LogP contribution in [0.3, 0.4) is 0 Å². The van der Waals surface area contributed by atoms with E-state index < -0.39 is 11.8 Å². The number of anilines is 1. The van der Waals surface area contributed by atoms with E-state index in [1.165, 1.54) is 36.4 Å². The molecule has 150 valence electrons. The quantitative estimate of drug-likeness (QED) is 0.330. The van der Waals surface area contributed by atoms with E-state index in [0.29, 0.717) is 11.3 Å². The van der Waals surface area contributed by atoms with Crippen LogP contribution in [-0.2, 0) is 14.4 Å². The summed E-state index contributed by atoms with van der Waals surface area (Å²) in [5.41, 5.74) is 5.96. The van der Waals surface area contributed by atoms with Crippen molar-refractivity contribution in [2.24, 2.45) is 0 Å². The minimum absolute atomic E-state index is 0.0120. The second kappa shape index (κ2) is 11.3. The first kappa shape index (κ1) is 21.7. The molecule has 0 aliphatic carbocycles. The van der Waals surface area contributed by atoms with Gasteiger partial charge >= 0.3 is 0 Å². The molecule has 0 aromatic heterocycles. The van der Waals surface area contributed by atoms with Gasteiger partial charge in [0.2, 0.25) is 17.7 Å². The highest BCUT2D eigenvalue weighted by Crippen LogP contribution is 2.06. The average Bonchev–Trinajstić information content (AvgIpc) is 2.71. The van der Waals surface area contributed by atoms with Crippen molar-refractivity contribution in [1.29, 1.82) is 0 Å². The summed E-state index contributed by atoms with van der Waals surface area (Å²) in [6, 6.07) is 14.5. The van der Waals surface area contributed by atoms with Gasteiger partial charge in [0.1, 0.15) is 5.82 Å². The fraction of sp³-hybridized carbons (Fsp3) is 0.100. The number of hydrogen-bond donors (Lipinski definition) is 4. The molecule has 29 heavy (non-hydrogen) atoms. The molecule has 7 nitrogen and oxygen atoms in total. The molecular weight excluding hydrogens is 395 g/mol. The van der Waals surface area contributed by atoms with E-state index in [-0.39, 0.29) is 29.7 Å². The van der Waals surface area contributed by atoms with Gasteiger partial charge in [-0.2, -0.15) is 0 Å². The van der Waals surface area contributed by atoms with E-state index in [1.54, 1.807) is 24.3 Å². The highest BCUT2D eigenvalue weighted by atomic mass is 32.1. The minimum Gasteiger partial charge on any atom is -0.326 e. The number of para-hydroxylation sites is 1. The van der Waals surface area contributed by atoms with Crippen LogP contribution in [0.15, 0.2) is 60.7 Å². The highest BCUT2D eigenvalue weighted by molar-refractivity contribution is 7.80. The molecule has 0 saturated heterocycles. The molecule has 2 rings (SSSR count). The highest BCUT2D eigenvalue weighted by Gasteiger charge is 2.08. The lowest BCUT2D eigenvalue weighted by atomic mass is 10.2. The molecule has 0 aliphatic heterocycles. The predicted molar refractivity (Wildman–Crippen MR) is 112 cm³/mol. The number of halogens is 1. The first-order valence-corrected chi connectivity index (χ1v) is 9.01. The Morgan fingerprint density at radius 2 is 1.55 bits per heavy atom. The Balaban J connectivity index is 1.64. The van der Waals surface area contributed by atoms with Crippen molar-refractivity contribution < 1.29 is 18.8 Å². The van der Waals surface area contributed by atoms with Gasteiger partial charge < -0.3 is 5.32 Å². The minimum atomic E-state index is -0.525. The number of carbonyl (C=O) groups excluding carboxylic acids is 3. The average molecular weight is 414 g/mol. The van der Waals surface area contributed by atoms with Gasteiger partial charge in [-0.1, -0.05) is 30.3 Å². The molecule has 2 aromatic carbocycles. The lowest BCUT2D eigenvalue weighted by Crippen LogP contribution is -2.48. The maximum Gasteiger partial charge on any atom is 0.250 e. The Labute approximate surface area is 172 Å². The zero-order valence-electron chi connectivity index (χ0n) is 15.3. The van der Waals surface area contributed by atoms with E-state index in [0.717, 1.165) is 0 Å². The maximum atomic E-state index is 12.8. The van der Waals surface area contributed by atoms with Crippen molar-refractivity contribution in [3.63, 3.8) is 0 Å². The summed E-state index contributed by atoms with van der Waals surface area (Å²) in [6.45, 7) is 0. The number of hydrazine groups is 1. The van der Waals surface area contributed by atoms with Crippen molar-refractivity contribution >= 4 is 46.8 Å². The van der Waals surface area contributed by atoms with Crippen molar-refractivity contribution in [1.82, 2.24) is 16.2 Å². The summed E-state index contributed by atoms with van der Waals surface area (Å²) in [6.07, 6.45) is 2.63. The van der Waals surface area contributed by atoms with E-state index >= 15 is 0 Å². The second-order valence-corrected chi connectivity index (χ2v) is 6.20. The molecule has 0 fully saturated rings. The third-order valence-corrected chi connectivity index (χ3v) is 3.69. The summed E-state index contributed by atoms with van der Waals surface area (Å²) in [5.74, 6) is -1.66. The number of nitrogens with one attached hydrogen (secondary N) is 4. The van der Waals surface area contributed by atoms with Crippen LogP contribution in [0, 0.1) is 5.82 Å². The van der Waals surface area contributed by atoms with Gasteiger partial charge in [0, 0.05) is 24.6 Å². The smallest absolute Gasteiger partial charge is 0.250 e. The first-order chi connectivity index (χ1) is 13.9. The Hall–Kier alpha value is -3.59. The van der Waals surface area contributed by atoms with Crippen LogP contribution in [0.25, 0.3) is 6.08 Å². The molecule has 3 amide bonds. The molecular formula is C20H19FN4O3S. The maximum absolute atomic E-state index is 12.8. The van der Waals surface area contributed by atoms with Crippen molar-refractivity contribution in [2.75, 3.05) is 5.32 Å². The molecule has 0 radical (unpaired) electrons. The monoisotopic (exact) mass is 414 g/mol. The van der Waals surface area contributed by atoms with Gasteiger partial charge in [-0.15, -0.1) is 0 Å². The first-order valence-electron chi connectivity index (χ1n) is 8.61. The van der Waals surface area contributed by atoms with Gasteiger partial charge in [-0.25, -0.2) is 4.39 Å². The summed E-state index contributed by atoms with van der Waals surface area (Å²) in [7, 11) is 0. The fourth-order valence-corrected chi connectivity index (χ4v) is 2.24. The summed E-state index contributed by atoms with van der Waals surface area (Å²) >= 11 is 4.90. The van der Waals surface area contributed by atoms with E-state index in [2.05, 4.69) is 21.5 Å². The lowest BCUT2D eigenvalue weighted by molar-refractivity contribution is -0.124. The predicted octanol–water partition coefficient (Wildman–Crippen LogP) is 2.28. The van der Waals surface area contributed by atoms with Crippen LogP contribution in [0.4, 0.5) is 10.1 Å². The fourth-order valence-electron chi connectivity index (χ4n) is 2.09. The third kappa shape index (κ3) is 8.76. The zero-order valence-corrected chi connectivity index (χ0v) is 16.1. The molecule has 0 bridgehead atoms. The lowest BCUT2D eigenvalue weighted by Gasteiger charge is -2.10. The molecule has 0 unspecified atom stereocenters. The van der Waals surface area contributed by atoms with Crippen molar-refractivity contribution in [3.05, 3.63) is 72.1 Å². The summed E-state index contributed by atoms with van der Waals surface area (Å²) in [4.78, 5) is 35.3. The Kier molecular flexibility index (Phi) is 8.46. The van der Waals surface area contributed by atoms with E-state index in [1.807, 2.05) is 6.07 Å². The van der Waals surface area contributed by atoms with Gasteiger partial charge in [0.15, 0.2) is 5.11 Å². The van der Waals surface area contributed by atoms with Gasteiger partial charge in [-0.05, 0) is 48.1 Å². The van der Waals surface area contributed by atoms with Crippen molar-refractivity contribution in [3.8, 4) is 0 Å². The van der Waals surface area contributed by atoms with Crippen LogP contribution in [0.1, 0.15) is 18.4 Å². The Morgan fingerprint density at radius 1 is 0.897 bits per heavy atom. The van der Waals surface area contributed by atoms with Crippen LogP contribution in [-0.4, -0.2) is 22.8 Å². The normalized spacial score (nSPS) is 10.2. The zero-order chi connectivity index (χ0) is 21.1. The molecule has 0 atom stereocenters. The van der Waals surface area contributed by atoms with E-state index in [4.69, 9.17) is 12.2 Å². The topological polar surface area (TPSA) is 99.3 Å². The molecule has 0 saturated carbocycles.